The Morgan fingerprint density at radius 1 is 1.55 bits per heavy atom. The number of carbonyl (C=O) groups is 1. The molecule has 1 aliphatic rings. The van der Waals surface area contributed by atoms with Crippen molar-refractivity contribution < 1.29 is 42.2 Å². The molecular formula is C15H16ClINO2SY-. The fourth-order valence-corrected chi connectivity index (χ4v) is 3.18. The number of carbonyl (C=O) groups excluding carboxylic acids is 1. The molecule has 0 aromatic heterocycles. The van der Waals surface area contributed by atoms with Crippen molar-refractivity contribution in [1.82, 2.24) is 4.90 Å². The van der Waals surface area contributed by atoms with Crippen LogP contribution in [0.4, 0.5) is 0 Å². The molecule has 1 aromatic carbocycles. The SMILES string of the molecule is CCN1C(=O)C(I)C[C-]=C1c1ccc(OCSC)cc1Cl.[Y]. The van der Waals surface area contributed by atoms with Gasteiger partial charge in [0.2, 0.25) is 5.91 Å². The molecule has 1 atom stereocenters. The van der Waals surface area contributed by atoms with E-state index in [0.29, 0.717) is 23.9 Å². The fraction of sp³-hybridized carbons (Fsp3) is 0.400. The molecule has 0 saturated heterocycles. The predicted octanol–water partition coefficient (Wildman–Crippen LogP) is 4.24. The number of benzene rings is 1. The molecule has 1 aliphatic heterocycles. The summed E-state index contributed by atoms with van der Waals surface area (Å²) in [6, 6.07) is 5.56. The first-order valence-electron chi connectivity index (χ1n) is 6.56. The Balaban J connectivity index is 0.00000242. The van der Waals surface area contributed by atoms with E-state index in [1.807, 2.05) is 25.3 Å². The summed E-state index contributed by atoms with van der Waals surface area (Å²) in [5.74, 6) is 1.43. The second-order valence-electron chi connectivity index (χ2n) is 4.47. The van der Waals surface area contributed by atoms with Gasteiger partial charge in [-0.25, -0.2) is 6.08 Å². The minimum absolute atomic E-state index is 0. The van der Waals surface area contributed by atoms with Gasteiger partial charge >= 0.3 is 0 Å². The van der Waals surface area contributed by atoms with Gasteiger partial charge in [-0.05, 0) is 30.3 Å². The van der Waals surface area contributed by atoms with Crippen LogP contribution in [-0.4, -0.2) is 33.5 Å². The molecule has 0 spiro atoms. The summed E-state index contributed by atoms with van der Waals surface area (Å²) >= 11 is 10.1. The topological polar surface area (TPSA) is 29.5 Å². The summed E-state index contributed by atoms with van der Waals surface area (Å²) in [6.07, 6.45) is 5.90. The molecule has 0 saturated carbocycles. The van der Waals surface area contributed by atoms with E-state index in [-0.39, 0.29) is 42.5 Å². The number of ether oxygens (including phenoxy) is 1. The van der Waals surface area contributed by atoms with Crippen molar-refractivity contribution in [3.05, 3.63) is 34.9 Å². The van der Waals surface area contributed by atoms with Gasteiger partial charge < -0.3 is 9.64 Å². The van der Waals surface area contributed by atoms with E-state index in [1.54, 1.807) is 22.7 Å². The number of alkyl halides is 1. The van der Waals surface area contributed by atoms with E-state index in [9.17, 15) is 4.79 Å². The molecule has 117 valence electrons. The quantitative estimate of drug-likeness (QED) is 0.249. The monoisotopic (exact) mass is 525 g/mol. The molecule has 1 heterocycles. The predicted molar refractivity (Wildman–Crippen MR) is 96.9 cm³/mol. The van der Waals surface area contributed by atoms with E-state index < -0.39 is 0 Å². The standard InChI is InChI=1S/C15H16ClINO2S.Y/c1-3-18-14(7-6-13(17)15(18)19)11-5-4-10(8-12(11)16)20-9-21-2;/h4-5,8,13H,3,6,9H2,1-2H3;/q-1;. The molecule has 22 heavy (non-hydrogen) atoms. The van der Waals surface area contributed by atoms with E-state index in [0.717, 1.165) is 17.0 Å². The van der Waals surface area contributed by atoms with Crippen LogP contribution in [0, 0.1) is 6.08 Å². The van der Waals surface area contributed by atoms with Crippen LogP contribution in [0.5, 0.6) is 5.75 Å². The second-order valence-corrected chi connectivity index (χ2v) is 7.20. The zero-order valence-electron chi connectivity index (χ0n) is 12.4. The van der Waals surface area contributed by atoms with Crippen LogP contribution in [0.15, 0.2) is 18.2 Å². The summed E-state index contributed by atoms with van der Waals surface area (Å²) in [7, 11) is 0. The van der Waals surface area contributed by atoms with Gasteiger partial charge in [-0.1, -0.05) is 29.0 Å². The van der Waals surface area contributed by atoms with E-state index in [2.05, 4.69) is 28.7 Å². The van der Waals surface area contributed by atoms with E-state index in [1.165, 1.54) is 0 Å². The average molecular weight is 526 g/mol. The largest absolute Gasteiger partial charge is 0.483 e. The summed E-state index contributed by atoms with van der Waals surface area (Å²) in [5.41, 5.74) is 1.60. The Hall–Kier alpha value is 0.704. The number of allylic oxidation sites excluding steroid dienone is 1. The third-order valence-corrected chi connectivity index (χ3v) is 4.75. The zero-order valence-corrected chi connectivity index (χ0v) is 19.0. The normalized spacial score (nSPS) is 17.8. The number of thioether (sulfide) groups is 1. The Morgan fingerprint density at radius 3 is 2.86 bits per heavy atom. The molecule has 0 fully saturated rings. The van der Waals surface area contributed by atoms with Crippen LogP contribution >= 0.6 is 46.0 Å². The number of rotatable bonds is 5. The first-order chi connectivity index (χ1) is 10.1. The number of hydrogen-bond donors (Lipinski definition) is 0. The molecule has 3 nitrogen and oxygen atoms in total. The van der Waals surface area contributed by atoms with Gasteiger partial charge in [0.1, 0.15) is 11.7 Å². The van der Waals surface area contributed by atoms with Crippen molar-refractivity contribution in [3.63, 3.8) is 0 Å². The number of halogens is 2. The van der Waals surface area contributed by atoms with Crippen molar-refractivity contribution in [2.45, 2.75) is 17.3 Å². The fourth-order valence-electron chi connectivity index (χ4n) is 2.11. The molecule has 0 N–H and O–H groups in total. The molecule has 7 heteroatoms. The van der Waals surface area contributed by atoms with Crippen molar-refractivity contribution in [1.29, 1.82) is 0 Å². The molecule has 1 amide bonds. The second kappa shape index (κ2) is 9.87. The minimum Gasteiger partial charge on any atom is -0.483 e. The Kier molecular flexibility index (Phi) is 9.31. The van der Waals surface area contributed by atoms with Gasteiger partial charge in [-0.15, -0.1) is 40.7 Å². The third-order valence-electron chi connectivity index (χ3n) is 3.11. The summed E-state index contributed by atoms with van der Waals surface area (Å²) < 4.78 is 5.49. The maximum Gasteiger partial charge on any atom is 0.235 e. The molecule has 1 aromatic rings. The average Bonchev–Trinajstić information content (AvgIpc) is 2.48. The maximum atomic E-state index is 12.2. The summed E-state index contributed by atoms with van der Waals surface area (Å²) in [6.45, 7) is 2.57. The molecule has 1 unspecified atom stereocenters. The van der Waals surface area contributed by atoms with Crippen LogP contribution in [0.1, 0.15) is 18.9 Å². The van der Waals surface area contributed by atoms with E-state index in [4.69, 9.17) is 16.3 Å². The van der Waals surface area contributed by atoms with Crippen molar-refractivity contribution in [2.75, 3.05) is 18.7 Å². The minimum atomic E-state index is -0.0470. The third kappa shape index (κ3) is 4.85. The van der Waals surface area contributed by atoms with Gasteiger partial charge in [-0.2, -0.15) is 0 Å². The van der Waals surface area contributed by atoms with Gasteiger partial charge in [0.05, 0.1) is 3.92 Å². The number of amides is 1. The summed E-state index contributed by atoms with van der Waals surface area (Å²) in [5, 5.41) is 0.578. The van der Waals surface area contributed by atoms with E-state index >= 15 is 0 Å². The molecule has 2 rings (SSSR count). The van der Waals surface area contributed by atoms with Gasteiger partial charge in [-0.3, -0.25) is 4.79 Å². The first kappa shape index (κ1) is 20.7. The van der Waals surface area contributed by atoms with Crippen molar-refractivity contribution in [3.8, 4) is 5.75 Å². The van der Waals surface area contributed by atoms with Crippen LogP contribution < -0.4 is 4.74 Å². The molecule has 1 radical (unpaired) electrons. The zero-order chi connectivity index (χ0) is 15.4. The van der Waals surface area contributed by atoms with Crippen LogP contribution in [-0.2, 0) is 37.5 Å². The Morgan fingerprint density at radius 2 is 2.27 bits per heavy atom. The van der Waals surface area contributed by atoms with Gasteiger partial charge in [0.25, 0.3) is 0 Å². The first-order valence-corrected chi connectivity index (χ1v) is 9.58. The van der Waals surface area contributed by atoms with Crippen LogP contribution in [0.3, 0.4) is 0 Å². The van der Waals surface area contributed by atoms with Crippen LogP contribution in [0.25, 0.3) is 5.70 Å². The maximum absolute atomic E-state index is 12.2. The number of nitrogens with zero attached hydrogens (tertiary/aromatic N) is 1. The summed E-state index contributed by atoms with van der Waals surface area (Å²) in [4.78, 5) is 14.0. The Bertz CT molecular complexity index is 570. The molecular weight excluding hydrogens is 510 g/mol. The Labute approximate surface area is 179 Å². The van der Waals surface area contributed by atoms with Gasteiger partial charge in [0, 0.05) is 39.3 Å². The smallest absolute Gasteiger partial charge is 0.235 e. The number of hydrogen-bond acceptors (Lipinski definition) is 3. The van der Waals surface area contributed by atoms with Crippen LogP contribution in [0.2, 0.25) is 5.02 Å². The van der Waals surface area contributed by atoms with Crippen molar-refractivity contribution in [2.24, 2.45) is 0 Å². The molecule has 0 bridgehead atoms. The molecule has 0 aliphatic carbocycles. The van der Waals surface area contributed by atoms with Gasteiger partial charge in [0.15, 0.2) is 0 Å². The van der Waals surface area contributed by atoms with Crippen molar-refractivity contribution >= 4 is 57.6 Å².